The molecule has 0 unspecified atom stereocenters. The molecule has 0 saturated carbocycles. The van der Waals surface area contributed by atoms with E-state index in [9.17, 15) is 15.2 Å². The molecule has 2 N–H and O–H groups in total. The lowest BCUT2D eigenvalue weighted by molar-refractivity contribution is 0.0169. The van der Waals surface area contributed by atoms with Crippen molar-refractivity contribution in [1.29, 1.82) is 5.26 Å². The number of allylic oxidation sites excluding steroid dienone is 2. The molecular formula is C21H27N3O2. The quantitative estimate of drug-likeness (QED) is 0.851. The first-order valence-corrected chi connectivity index (χ1v) is 9.57. The minimum atomic E-state index is -0.538. The summed E-state index contributed by atoms with van der Waals surface area (Å²) in [4.78, 5) is 13.8. The van der Waals surface area contributed by atoms with Crippen molar-refractivity contribution in [3.05, 3.63) is 41.5 Å². The van der Waals surface area contributed by atoms with Crippen molar-refractivity contribution in [2.75, 3.05) is 13.2 Å². The highest BCUT2D eigenvalue weighted by Gasteiger charge is 2.51. The SMILES string of the molecule is CCCNC(=O)N1[C@H](C#N)[C@H](c2ccc(C3=CCCCC3)cc2)[C@H]1CO. The molecule has 2 amide bonds. The second-order valence-electron chi connectivity index (χ2n) is 7.09. The summed E-state index contributed by atoms with van der Waals surface area (Å²) in [5, 5.41) is 22.2. The fraction of sp³-hybridized carbons (Fsp3) is 0.524. The fourth-order valence-electron chi connectivity index (χ4n) is 4.03. The Morgan fingerprint density at radius 2 is 2.12 bits per heavy atom. The van der Waals surface area contributed by atoms with Crippen LogP contribution in [0.3, 0.4) is 0 Å². The first kappa shape index (κ1) is 18.5. The maximum atomic E-state index is 12.3. The van der Waals surface area contributed by atoms with Gasteiger partial charge in [0.1, 0.15) is 6.04 Å². The van der Waals surface area contributed by atoms with E-state index in [-0.39, 0.29) is 24.6 Å². The minimum Gasteiger partial charge on any atom is -0.394 e. The molecule has 5 nitrogen and oxygen atoms in total. The summed E-state index contributed by atoms with van der Waals surface area (Å²) in [6, 6.07) is 9.39. The zero-order valence-corrected chi connectivity index (χ0v) is 15.3. The molecule has 1 heterocycles. The topological polar surface area (TPSA) is 76.4 Å². The van der Waals surface area contributed by atoms with E-state index in [0.29, 0.717) is 6.54 Å². The lowest BCUT2D eigenvalue weighted by Gasteiger charge is -2.51. The maximum absolute atomic E-state index is 12.3. The molecule has 1 saturated heterocycles. The van der Waals surface area contributed by atoms with Gasteiger partial charge in [-0.05, 0) is 48.8 Å². The highest BCUT2D eigenvalue weighted by molar-refractivity contribution is 5.77. The van der Waals surface area contributed by atoms with Gasteiger partial charge in [0.2, 0.25) is 0 Å². The molecule has 1 fully saturated rings. The number of benzene rings is 1. The third-order valence-electron chi connectivity index (χ3n) is 5.45. The van der Waals surface area contributed by atoms with E-state index in [1.165, 1.54) is 28.9 Å². The van der Waals surface area contributed by atoms with Gasteiger partial charge in [-0.3, -0.25) is 0 Å². The van der Waals surface area contributed by atoms with Crippen molar-refractivity contribution in [3.8, 4) is 6.07 Å². The van der Waals surface area contributed by atoms with Gasteiger partial charge in [-0.15, -0.1) is 0 Å². The Kier molecular flexibility index (Phi) is 5.95. The average molecular weight is 353 g/mol. The van der Waals surface area contributed by atoms with Gasteiger partial charge in [0.15, 0.2) is 0 Å². The van der Waals surface area contributed by atoms with Crippen LogP contribution in [0.2, 0.25) is 0 Å². The number of likely N-dealkylation sites (tertiary alicyclic amines) is 1. The summed E-state index contributed by atoms with van der Waals surface area (Å²) >= 11 is 0. The molecule has 1 aliphatic carbocycles. The maximum Gasteiger partial charge on any atom is 0.318 e. The number of carbonyl (C=O) groups is 1. The predicted molar refractivity (Wildman–Crippen MR) is 101 cm³/mol. The standard InChI is InChI=1S/C21H27N3O2/c1-2-12-23-21(26)24-18(13-22)20(19(24)14-25)17-10-8-16(9-11-17)15-6-4-3-5-7-15/h6,8-11,18-20,25H,2-5,7,12,14H2,1H3,(H,23,26)/t18-,19-,20+/m1/s1. The summed E-state index contributed by atoms with van der Waals surface area (Å²) in [5.41, 5.74) is 3.64. The molecule has 2 aliphatic rings. The van der Waals surface area contributed by atoms with E-state index < -0.39 is 6.04 Å². The van der Waals surface area contributed by atoms with Gasteiger partial charge < -0.3 is 15.3 Å². The Balaban J connectivity index is 1.76. The predicted octanol–water partition coefficient (Wildman–Crippen LogP) is 3.42. The molecule has 0 bridgehead atoms. The Bertz CT molecular complexity index is 705. The molecule has 3 rings (SSSR count). The molecule has 3 atom stereocenters. The smallest absolute Gasteiger partial charge is 0.318 e. The Morgan fingerprint density at radius 1 is 1.35 bits per heavy atom. The van der Waals surface area contributed by atoms with Crippen LogP contribution in [0, 0.1) is 11.3 Å². The number of carbonyl (C=O) groups excluding carboxylic acids is 1. The Labute approximate surface area is 155 Å². The molecule has 5 heteroatoms. The van der Waals surface area contributed by atoms with Crippen molar-refractivity contribution in [1.82, 2.24) is 10.2 Å². The molecule has 1 aromatic rings. The van der Waals surface area contributed by atoms with Gasteiger partial charge in [0, 0.05) is 12.5 Å². The number of hydrogen-bond donors (Lipinski definition) is 2. The molecule has 0 aromatic heterocycles. The molecule has 26 heavy (non-hydrogen) atoms. The van der Waals surface area contributed by atoms with E-state index in [2.05, 4.69) is 29.6 Å². The third-order valence-corrected chi connectivity index (χ3v) is 5.45. The van der Waals surface area contributed by atoms with Crippen LogP contribution in [-0.4, -0.2) is 41.3 Å². The van der Waals surface area contributed by atoms with Gasteiger partial charge in [0.25, 0.3) is 0 Å². The van der Waals surface area contributed by atoms with Gasteiger partial charge in [-0.2, -0.15) is 5.26 Å². The minimum absolute atomic E-state index is 0.144. The van der Waals surface area contributed by atoms with Crippen LogP contribution in [0.5, 0.6) is 0 Å². The normalized spacial score (nSPS) is 25.0. The van der Waals surface area contributed by atoms with E-state index in [1.54, 1.807) is 0 Å². The monoisotopic (exact) mass is 353 g/mol. The number of aliphatic hydroxyl groups excluding tert-OH is 1. The summed E-state index contributed by atoms with van der Waals surface area (Å²) in [7, 11) is 0. The van der Waals surface area contributed by atoms with Crippen molar-refractivity contribution in [2.45, 2.75) is 57.0 Å². The molecule has 1 aromatic carbocycles. The van der Waals surface area contributed by atoms with Crippen LogP contribution in [0.1, 0.15) is 56.1 Å². The number of nitrogens with zero attached hydrogens (tertiary/aromatic N) is 2. The third kappa shape index (κ3) is 3.47. The van der Waals surface area contributed by atoms with E-state index in [1.807, 2.05) is 19.1 Å². The number of rotatable bonds is 5. The molecule has 1 aliphatic heterocycles. The molecular weight excluding hydrogens is 326 g/mol. The number of aliphatic hydroxyl groups is 1. The van der Waals surface area contributed by atoms with Gasteiger partial charge >= 0.3 is 6.03 Å². The van der Waals surface area contributed by atoms with E-state index in [0.717, 1.165) is 24.8 Å². The van der Waals surface area contributed by atoms with Crippen LogP contribution in [0.15, 0.2) is 30.3 Å². The molecule has 0 radical (unpaired) electrons. The van der Waals surface area contributed by atoms with Crippen LogP contribution in [0.4, 0.5) is 4.79 Å². The first-order valence-electron chi connectivity index (χ1n) is 9.57. The van der Waals surface area contributed by atoms with Crippen molar-refractivity contribution >= 4 is 11.6 Å². The Hall–Kier alpha value is -2.32. The summed E-state index contributed by atoms with van der Waals surface area (Å²) in [6.07, 6.45) is 7.92. The summed E-state index contributed by atoms with van der Waals surface area (Å²) < 4.78 is 0. The lowest BCUT2D eigenvalue weighted by atomic mass is 9.75. The molecule has 138 valence electrons. The lowest BCUT2D eigenvalue weighted by Crippen LogP contribution is -2.67. The number of amides is 2. The number of nitrogens with one attached hydrogen (secondary N) is 1. The average Bonchev–Trinajstić information content (AvgIpc) is 2.67. The zero-order valence-electron chi connectivity index (χ0n) is 15.3. The van der Waals surface area contributed by atoms with Gasteiger partial charge in [0.05, 0.1) is 18.7 Å². The highest BCUT2D eigenvalue weighted by Crippen LogP contribution is 2.41. The second kappa shape index (κ2) is 8.37. The molecule has 0 spiro atoms. The van der Waals surface area contributed by atoms with Crippen molar-refractivity contribution in [2.24, 2.45) is 0 Å². The van der Waals surface area contributed by atoms with Crippen LogP contribution >= 0.6 is 0 Å². The summed E-state index contributed by atoms with van der Waals surface area (Å²) in [5.74, 6) is -0.147. The van der Waals surface area contributed by atoms with Crippen LogP contribution < -0.4 is 5.32 Å². The zero-order chi connectivity index (χ0) is 18.5. The van der Waals surface area contributed by atoms with Crippen molar-refractivity contribution < 1.29 is 9.90 Å². The van der Waals surface area contributed by atoms with E-state index in [4.69, 9.17) is 0 Å². The Morgan fingerprint density at radius 3 is 2.69 bits per heavy atom. The van der Waals surface area contributed by atoms with Crippen LogP contribution in [-0.2, 0) is 0 Å². The fourth-order valence-corrected chi connectivity index (χ4v) is 4.03. The van der Waals surface area contributed by atoms with Gasteiger partial charge in [-0.25, -0.2) is 4.79 Å². The van der Waals surface area contributed by atoms with Crippen LogP contribution in [0.25, 0.3) is 5.57 Å². The number of nitriles is 1. The number of hydrogen-bond acceptors (Lipinski definition) is 3. The second-order valence-corrected chi connectivity index (χ2v) is 7.09. The number of urea groups is 1. The first-order chi connectivity index (χ1) is 12.7. The van der Waals surface area contributed by atoms with Crippen molar-refractivity contribution in [3.63, 3.8) is 0 Å². The summed E-state index contributed by atoms with van der Waals surface area (Å²) in [6.45, 7) is 2.41. The largest absolute Gasteiger partial charge is 0.394 e. The van der Waals surface area contributed by atoms with E-state index >= 15 is 0 Å². The van der Waals surface area contributed by atoms with Gasteiger partial charge in [-0.1, -0.05) is 37.3 Å². The highest BCUT2D eigenvalue weighted by atomic mass is 16.3.